The summed E-state index contributed by atoms with van der Waals surface area (Å²) >= 11 is 0. The quantitative estimate of drug-likeness (QED) is 0.660. The minimum absolute atomic E-state index is 0.0640. The molecule has 116 valence electrons. The van der Waals surface area contributed by atoms with E-state index in [1.54, 1.807) is 0 Å². The second-order valence-electron chi connectivity index (χ2n) is 4.77. The summed E-state index contributed by atoms with van der Waals surface area (Å²) in [5.41, 5.74) is -0.0640. The van der Waals surface area contributed by atoms with Gasteiger partial charge >= 0.3 is 6.18 Å². The van der Waals surface area contributed by atoms with Crippen LogP contribution >= 0.6 is 0 Å². The number of nitro groups is 1. The van der Waals surface area contributed by atoms with E-state index < -0.39 is 23.7 Å². The normalized spacial score (nSPS) is 18.1. The Morgan fingerprint density at radius 1 is 1.38 bits per heavy atom. The van der Waals surface area contributed by atoms with Crippen molar-refractivity contribution in [1.82, 2.24) is 4.90 Å². The molecule has 0 spiro atoms. The van der Waals surface area contributed by atoms with Gasteiger partial charge in [-0.05, 0) is 12.1 Å². The van der Waals surface area contributed by atoms with E-state index in [0.29, 0.717) is 5.75 Å². The standard InChI is InChI=1S/C12H13F3N2O4/c13-12(14,15)11(18)7-16-5-10(6-16)21-9-3-1-8(2-4-9)17(19)20/h1-4,10-11,18H,5-7H2/t11-/m0/s1. The molecule has 0 amide bonds. The molecule has 0 unspecified atom stereocenters. The van der Waals surface area contributed by atoms with Crippen molar-refractivity contribution in [3.05, 3.63) is 34.4 Å². The molecule has 1 aliphatic heterocycles. The molecular formula is C12H13F3N2O4. The number of benzene rings is 1. The summed E-state index contributed by atoms with van der Waals surface area (Å²) < 4.78 is 41.9. The molecule has 1 atom stereocenters. The molecule has 0 bridgehead atoms. The third kappa shape index (κ3) is 4.05. The van der Waals surface area contributed by atoms with Crippen LogP contribution in [0.1, 0.15) is 0 Å². The first-order valence-corrected chi connectivity index (χ1v) is 6.14. The maximum absolute atomic E-state index is 12.2. The predicted octanol–water partition coefficient (Wildman–Crippen LogP) is 1.58. The number of likely N-dealkylation sites (tertiary alicyclic amines) is 1. The number of aliphatic hydroxyl groups excluding tert-OH is 1. The van der Waals surface area contributed by atoms with Gasteiger partial charge in [-0.25, -0.2) is 0 Å². The molecule has 9 heteroatoms. The number of aliphatic hydroxyl groups is 1. The molecule has 1 aromatic rings. The third-order valence-electron chi connectivity index (χ3n) is 3.08. The van der Waals surface area contributed by atoms with E-state index in [9.17, 15) is 23.3 Å². The number of rotatable bonds is 5. The van der Waals surface area contributed by atoms with Gasteiger partial charge in [0.25, 0.3) is 5.69 Å². The fraction of sp³-hybridized carbons (Fsp3) is 0.500. The van der Waals surface area contributed by atoms with Crippen LogP contribution in [0, 0.1) is 10.1 Å². The van der Waals surface area contributed by atoms with Gasteiger partial charge in [-0.1, -0.05) is 0 Å². The molecular weight excluding hydrogens is 293 g/mol. The van der Waals surface area contributed by atoms with E-state index in [-0.39, 0.29) is 24.9 Å². The van der Waals surface area contributed by atoms with Gasteiger partial charge in [-0.2, -0.15) is 13.2 Å². The Balaban J connectivity index is 1.76. The van der Waals surface area contributed by atoms with Crippen LogP contribution in [0.4, 0.5) is 18.9 Å². The largest absolute Gasteiger partial charge is 0.488 e. The zero-order chi connectivity index (χ0) is 15.6. The van der Waals surface area contributed by atoms with Gasteiger partial charge in [0.1, 0.15) is 11.9 Å². The number of β-amino-alcohol motifs (C(OH)–C–C–N with tert-alkyl or cyclic N) is 1. The van der Waals surface area contributed by atoms with E-state index in [4.69, 9.17) is 9.84 Å². The average molecular weight is 306 g/mol. The zero-order valence-corrected chi connectivity index (χ0v) is 10.8. The van der Waals surface area contributed by atoms with Crippen LogP contribution in [0.15, 0.2) is 24.3 Å². The lowest BCUT2D eigenvalue weighted by Crippen LogP contribution is -2.57. The monoisotopic (exact) mass is 306 g/mol. The van der Waals surface area contributed by atoms with E-state index in [2.05, 4.69) is 0 Å². The fourth-order valence-corrected chi connectivity index (χ4v) is 1.93. The smallest absolute Gasteiger partial charge is 0.415 e. The summed E-state index contributed by atoms with van der Waals surface area (Å²) in [5, 5.41) is 19.4. The maximum atomic E-state index is 12.2. The molecule has 1 saturated heterocycles. The first kappa shape index (κ1) is 15.5. The summed E-state index contributed by atoms with van der Waals surface area (Å²) in [6.45, 7) is 0.0534. The van der Waals surface area contributed by atoms with Gasteiger partial charge in [0.2, 0.25) is 0 Å². The summed E-state index contributed by atoms with van der Waals surface area (Å²) in [7, 11) is 0. The number of halogens is 3. The molecule has 1 heterocycles. The number of ether oxygens (including phenoxy) is 1. The number of nitro benzene ring substituents is 1. The third-order valence-corrected chi connectivity index (χ3v) is 3.08. The average Bonchev–Trinajstić information content (AvgIpc) is 2.35. The highest BCUT2D eigenvalue weighted by molar-refractivity contribution is 5.36. The Bertz CT molecular complexity index is 500. The molecule has 1 aliphatic rings. The fourth-order valence-electron chi connectivity index (χ4n) is 1.93. The van der Waals surface area contributed by atoms with E-state index >= 15 is 0 Å². The predicted molar refractivity (Wildman–Crippen MR) is 66.0 cm³/mol. The van der Waals surface area contributed by atoms with Crippen molar-refractivity contribution in [3.8, 4) is 5.75 Å². The highest BCUT2D eigenvalue weighted by Gasteiger charge is 2.41. The van der Waals surface area contributed by atoms with Crippen molar-refractivity contribution in [3.63, 3.8) is 0 Å². The molecule has 1 aromatic carbocycles. The second-order valence-corrected chi connectivity index (χ2v) is 4.77. The van der Waals surface area contributed by atoms with E-state index in [1.807, 2.05) is 0 Å². The van der Waals surface area contributed by atoms with Crippen molar-refractivity contribution in [2.75, 3.05) is 19.6 Å². The number of hydrogen-bond donors (Lipinski definition) is 1. The Morgan fingerprint density at radius 3 is 2.43 bits per heavy atom. The van der Waals surface area contributed by atoms with Crippen LogP contribution in [-0.2, 0) is 0 Å². The first-order chi connectivity index (χ1) is 9.75. The molecule has 21 heavy (non-hydrogen) atoms. The SMILES string of the molecule is O=[N+]([O-])c1ccc(OC2CN(C[C@H](O)C(F)(F)F)C2)cc1. The lowest BCUT2D eigenvalue weighted by molar-refractivity contribution is -0.384. The van der Waals surface area contributed by atoms with E-state index in [0.717, 1.165) is 0 Å². The molecule has 0 saturated carbocycles. The highest BCUT2D eigenvalue weighted by Crippen LogP contribution is 2.24. The topological polar surface area (TPSA) is 75.8 Å². The van der Waals surface area contributed by atoms with Gasteiger partial charge in [0.15, 0.2) is 6.10 Å². The Morgan fingerprint density at radius 2 is 1.95 bits per heavy atom. The van der Waals surface area contributed by atoms with Crippen LogP contribution in [-0.4, -0.2) is 52.9 Å². The van der Waals surface area contributed by atoms with Crippen LogP contribution < -0.4 is 4.74 Å². The summed E-state index contributed by atoms with van der Waals surface area (Å²) in [5.74, 6) is 0.418. The van der Waals surface area contributed by atoms with Gasteiger partial charge in [-0.15, -0.1) is 0 Å². The highest BCUT2D eigenvalue weighted by atomic mass is 19.4. The minimum atomic E-state index is -4.62. The summed E-state index contributed by atoms with van der Waals surface area (Å²) in [4.78, 5) is 11.4. The van der Waals surface area contributed by atoms with E-state index in [1.165, 1.54) is 29.2 Å². The van der Waals surface area contributed by atoms with Crippen molar-refractivity contribution >= 4 is 5.69 Å². The van der Waals surface area contributed by atoms with Crippen molar-refractivity contribution in [2.45, 2.75) is 18.4 Å². The number of non-ortho nitro benzene ring substituents is 1. The number of nitrogens with zero attached hydrogens (tertiary/aromatic N) is 2. The lowest BCUT2D eigenvalue weighted by Gasteiger charge is -2.40. The van der Waals surface area contributed by atoms with Crippen LogP contribution in [0.5, 0.6) is 5.75 Å². The van der Waals surface area contributed by atoms with Gasteiger partial charge in [-0.3, -0.25) is 15.0 Å². The Kier molecular flexibility index (Phi) is 4.33. The van der Waals surface area contributed by atoms with Crippen LogP contribution in [0.25, 0.3) is 0 Å². The molecule has 1 N–H and O–H groups in total. The first-order valence-electron chi connectivity index (χ1n) is 6.14. The van der Waals surface area contributed by atoms with Crippen LogP contribution in [0.2, 0.25) is 0 Å². The summed E-state index contributed by atoms with van der Waals surface area (Å²) in [6, 6.07) is 5.45. The molecule has 2 rings (SSSR count). The molecule has 0 radical (unpaired) electrons. The Labute approximate surface area is 117 Å². The van der Waals surface area contributed by atoms with Crippen LogP contribution in [0.3, 0.4) is 0 Å². The maximum Gasteiger partial charge on any atom is 0.415 e. The van der Waals surface area contributed by atoms with Gasteiger partial charge in [0, 0.05) is 31.8 Å². The number of alkyl halides is 3. The van der Waals surface area contributed by atoms with Crippen molar-refractivity contribution < 1.29 is 27.9 Å². The summed E-state index contributed by atoms with van der Waals surface area (Å²) in [6.07, 6.45) is -7.27. The van der Waals surface area contributed by atoms with Crippen molar-refractivity contribution in [1.29, 1.82) is 0 Å². The van der Waals surface area contributed by atoms with Gasteiger partial charge < -0.3 is 9.84 Å². The molecule has 0 aromatic heterocycles. The molecule has 0 aliphatic carbocycles. The Hall–Kier alpha value is -1.87. The number of hydrogen-bond acceptors (Lipinski definition) is 5. The molecule has 1 fully saturated rings. The second kappa shape index (κ2) is 5.86. The molecule has 6 nitrogen and oxygen atoms in total. The minimum Gasteiger partial charge on any atom is -0.488 e. The zero-order valence-electron chi connectivity index (χ0n) is 10.8. The van der Waals surface area contributed by atoms with Crippen molar-refractivity contribution in [2.24, 2.45) is 0 Å². The lowest BCUT2D eigenvalue weighted by atomic mass is 10.1. The van der Waals surface area contributed by atoms with Gasteiger partial charge in [0.05, 0.1) is 4.92 Å².